The molecule has 0 amide bonds. The molecule has 1 N–H and O–H groups in total. The lowest BCUT2D eigenvalue weighted by molar-refractivity contribution is 0.00488. The monoisotopic (exact) mass is 332 g/mol. The molecule has 0 unspecified atom stereocenters. The molecule has 7 heteroatoms. The van der Waals surface area contributed by atoms with Gasteiger partial charge >= 0.3 is 0 Å². The standard InChI is InChI=1S/C17H28N6O/c1-4-13(5-2)15(23-6-8-24-9-7-23)11-18-16-14-10-21-22(3)17(14)20-12-19-16/h10,12-13,15H,4-9,11H2,1-3H3,(H,18,19,20)/t15-/m0/s1. The quantitative estimate of drug-likeness (QED) is 0.835. The Labute approximate surface area is 143 Å². The van der Waals surface area contributed by atoms with E-state index < -0.39 is 0 Å². The third-order valence-corrected chi connectivity index (χ3v) is 5.12. The Morgan fingerprint density at radius 3 is 2.67 bits per heavy atom. The van der Waals surface area contributed by atoms with Gasteiger partial charge in [-0.1, -0.05) is 26.7 Å². The van der Waals surface area contributed by atoms with Crippen LogP contribution in [0.5, 0.6) is 0 Å². The first-order chi connectivity index (χ1) is 11.7. The minimum Gasteiger partial charge on any atom is -0.379 e. The van der Waals surface area contributed by atoms with Crippen molar-refractivity contribution in [3.8, 4) is 0 Å². The highest BCUT2D eigenvalue weighted by Crippen LogP contribution is 2.22. The summed E-state index contributed by atoms with van der Waals surface area (Å²) in [6.45, 7) is 9.13. The average Bonchev–Trinajstić information content (AvgIpc) is 3.01. The normalized spacial score (nSPS) is 17.5. The van der Waals surface area contributed by atoms with Crippen LogP contribution in [-0.2, 0) is 11.8 Å². The van der Waals surface area contributed by atoms with Crippen molar-refractivity contribution in [2.24, 2.45) is 13.0 Å². The van der Waals surface area contributed by atoms with E-state index in [1.54, 1.807) is 11.0 Å². The summed E-state index contributed by atoms with van der Waals surface area (Å²) >= 11 is 0. The van der Waals surface area contributed by atoms with Crippen molar-refractivity contribution in [1.29, 1.82) is 0 Å². The third-order valence-electron chi connectivity index (χ3n) is 5.12. The van der Waals surface area contributed by atoms with Crippen LogP contribution in [0.3, 0.4) is 0 Å². The van der Waals surface area contributed by atoms with Gasteiger partial charge in [0.05, 0.1) is 24.8 Å². The molecule has 2 aromatic rings. The van der Waals surface area contributed by atoms with Gasteiger partial charge in [0.1, 0.15) is 12.1 Å². The molecule has 2 aromatic heterocycles. The molecule has 0 saturated carbocycles. The molecule has 24 heavy (non-hydrogen) atoms. The van der Waals surface area contributed by atoms with Gasteiger partial charge in [-0.05, 0) is 5.92 Å². The van der Waals surface area contributed by atoms with Crippen molar-refractivity contribution < 1.29 is 4.74 Å². The minimum atomic E-state index is 0.491. The van der Waals surface area contributed by atoms with Crippen LogP contribution in [0.2, 0.25) is 0 Å². The Morgan fingerprint density at radius 1 is 1.21 bits per heavy atom. The summed E-state index contributed by atoms with van der Waals surface area (Å²) in [7, 11) is 1.90. The summed E-state index contributed by atoms with van der Waals surface area (Å²) in [6, 6.07) is 0.491. The van der Waals surface area contributed by atoms with E-state index in [1.165, 1.54) is 12.8 Å². The van der Waals surface area contributed by atoms with Crippen LogP contribution >= 0.6 is 0 Å². The highest BCUT2D eigenvalue weighted by Gasteiger charge is 2.27. The van der Waals surface area contributed by atoms with E-state index >= 15 is 0 Å². The number of hydrogen-bond acceptors (Lipinski definition) is 6. The zero-order valence-corrected chi connectivity index (χ0v) is 14.9. The Kier molecular flexibility index (Phi) is 5.63. The minimum absolute atomic E-state index is 0.491. The van der Waals surface area contributed by atoms with Gasteiger partial charge in [-0.2, -0.15) is 5.10 Å². The smallest absolute Gasteiger partial charge is 0.163 e. The molecule has 1 saturated heterocycles. The summed E-state index contributed by atoms with van der Waals surface area (Å²) in [4.78, 5) is 11.3. The molecule has 1 aliphatic rings. The first kappa shape index (κ1) is 17.1. The molecule has 0 spiro atoms. The molecule has 0 bridgehead atoms. The fraction of sp³-hybridized carbons (Fsp3) is 0.706. The molecule has 3 rings (SSSR count). The first-order valence-electron chi connectivity index (χ1n) is 8.93. The maximum Gasteiger partial charge on any atom is 0.163 e. The number of fused-ring (bicyclic) bond motifs is 1. The predicted octanol–water partition coefficient (Wildman–Crippen LogP) is 1.91. The Balaban J connectivity index is 1.76. The number of aryl methyl sites for hydroxylation is 1. The van der Waals surface area contributed by atoms with Gasteiger partial charge in [-0.3, -0.25) is 9.58 Å². The molecule has 1 atom stereocenters. The predicted molar refractivity (Wildman–Crippen MR) is 95.0 cm³/mol. The Hall–Kier alpha value is -1.73. The highest BCUT2D eigenvalue weighted by molar-refractivity contribution is 5.85. The van der Waals surface area contributed by atoms with Crippen molar-refractivity contribution in [1.82, 2.24) is 24.6 Å². The molecule has 7 nitrogen and oxygen atoms in total. The van der Waals surface area contributed by atoms with Gasteiger partial charge < -0.3 is 10.1 Å². The number of anilines is 1. The number of rotatable bonds is 7. The molecule has 1 aliphatic heterocycles. The van der Waals surface area contributed by atoms with Gasteiger partial charge in [0.25, 0.3) is 0 Å². The van der Waals surface area contributed by atoms with Gasteiger partial charge in [-0.15, -0.1) is 0 Å². The van der Waals surface area contributed by atoms with Gasteiger partial charge in [0.15, 0.2) is 5.65 Å². The molecule has 132 valence electrons. The lowest BCUT2D eigenvalue weighted by Crippen LogP contribution is -2.50. The van der Waals surface area contributed by atoms with Gasteiger partial charge in [-0.25, -0.2) is 9.97 Å². The lowest BCUT2D eigenvalue weighted by Gasteiger charge is -2.39. The average molecular weight is 332 g/mol. The molecule has 0 radical (unpaired) electrons. The topological polar surface area (TPSA) is 68.1 Å². The number of morpholine rings is 1. The van der Waals surface area contributed by atoms with E-state index in [2.05, 4.69) is 39.1 Å². The Bertz CT molecular complexity index is 648. The van der Waals surface area contributed by atoms with Gasteiger partial charge in [0.2, 0.25) is 0 Å². The largest absolute Gasteiger partial charge is 0.379 e. The van der Waals surface area contributed by atoms with Crippen molar-refractivity contribution in [3.05, 3.63) is 12.5 Å². The Morgan fingerprint density at radius 2 is 1.96 bits per heavy atom. The molecule has 1 fully saturated rings. The van der Waals surface area contributed by atoms with E-state index in [1.807, 2.05) is 13.2 Å². The number of ether oxygens (including phenoxy) is 1. The van der Waals surface area contributed by atoms with Gasteiger partial charge in [0, 0.05) is 32.7 Å². The maximum absolute atomic E-state index is 5.53. The second-order valence-electron chi connectivity index (χ2n) is 6.40. The van der Waals surface area contributed by atoms with E-state index in [0.29, 0.717) is 12.0 Å². The second-order valence-corrected chi connectivity index (χ2v) is 6.40. The van der Waals surface area contributed by atoms with Crippen molar-refractivity contribution in [2.45, 2.75) is 32.7 Å². The molecule has 0 aliphatic carbocycles. The van der Waals surface area contributed by atoms with Crippen molar-refractivity contribution in [2.75, 3.05) is 38.2 Å². The summed E-state index contributed by atoms with van der Waals surface area (Å²) in [5.41, 5.74) is 0.859. The van der Waals surface area contributed by atoms with E-state index in [-0.39, 0.29) is 0 Å². The lowest BCUT2D eigenvalue weighted by atomic mass is 9.92. The summed E-state index contributed by atoms with van der Waals surface area (Å²) in [5.74, 6) is 1.54. The zero-order valence-electron chi connectivity index (χ0n) is 14.9. The second kappa shape index (κ2) is 7.90. The van der Waals surface area contributed by atoms with Crippen LogP contribution in [-0.4, -0.2) is 63.5 Å². The van der Waals surface area contributed by atoms with Crippen LogP contribution in [0.1, 0.15) is 26.7 Å². The fourth-order valence-corrected chi connectivity index (χ4v) is 3.64. The summed E-state index contributed by atoms with van der Waals surface area (Å²) in [6.07, 6.45) is 5.81. The molecular formula is C17H28N6O. The van der Waals surface area contributed by atoms with E-state index in [4.69, 9.17) is 4.74 Å². The highest BCUT2D eigenvalue weighted by atomic mass is 16.5. The van der Waals surface area contributed by atoms with Crippen LogP contribution in [0, 0.1) is 5.92 Å². The van der Waals surface area contributed by atoms with E-state index in [0.717, 1.165) is 49.7 Å². The SMILES string of the molecule is CCC(CC)[C@H](CNc1ncnc2c1cnn2C)N1CCOCC1. The zero-order chi connectivity index (χ0) is 16.9. The number of nitrogens with zero attached hydrogens (tertiary/aromatic N) is 5. The van der Waals surface area contributed by atoms with Crippen molar-refractivity contribution in [3.63, 3.8) is 0 Å². The van der Waals surface area contributed by atoms with Crippen molar-refractivity contribution >= 4 is 16.9 Å². The summed E-state index contributed by atoms with van der Waals surface area (Å²) in [5, 5.41) is 8.83. The first-order valence-corrected chi connectivity index (χ1v) is 8.93. The number of hydrogen-bond donors (Lipinski definition) is 1. The number of aromatic nitrogens is 4. The van der Waals surface area contributed by atoms with E-state index in [9.17, 15) is 0 Å². The molecule has 0 aromatic carbocycles. The van der Waals surface area contributed by atoms with Crippen LogP contribution < -0.4 is 5.32 Å². The molecular weight excluding hydrogens is 304 g/mol. The third kappa shape index (κ3) is 3.52. The number of nitrogens with one attached hydrogen (secondary N) is 1. The van der Waals surface area contributed by atoms with Crippen LogP contribution in [0.15, 0.2) is 12.5 Å². The summed E-state index contributed by atoms with van der Waals surface area (Å²) < 4.78 is 7.31. The van der Waals surface area contributed by atoms with Crippen LogP contribution in [0.25, 0.3) is 11.0 Å². The fourth-order valence-electron chi connectivity index (χ4n) is 3.64. The molecule has 3 heterocycles. The maximum atomic E-state index is 5.53. The van der Waals surface area contributed by atoms with Crippen LogP contribution in [0.4, 0.5) is 5.82 Å².